The molecule has 17 heavy (non-hydrogen) atoms. The summed E-state index contributed by atoms with van der Waals surface area (Å²) in [5.41, 5.74) is -0.580. The summed E-state index contributed by atoms with van der Waals surface area (Å²) in [7, 11) is 0. The Hall–Kier alpha value is -0.160. The van der Waals surface area contributed by atoms with Gasteiger partial charge in [0, 0.05) is 39.3 Å². The Morgan fingerprint density at radius 1 is 0.941 bits per heavy atom. The molecule has 102 valence electrons. The molecular weight excluding hydrogens is 216 g/mol. The highest BCUT2D eigenvalue weighted by atomic mass is 16.3. The van der Waals surface area contributed by atoms with Crippen LogP contribution in [-0.2, 0) is 0 Å². The van der Waals surface area contributed by atoms with Crippen molar-refractivity contribution in [3.8, 4) is 0 Å². The lowest BCUT2D eigenvalue weighted by Crippen LogP contribution is -2.50. The van der Waals surface area contributed by atoms with Gasteiger partial charge >= 0.3 is 0 Å². The number of hydrogen-bond donors (Lipinski definition) is 2. The fourth-order valence-electron chi connectivity index (χ4n) is 2.34. The summed E-state index contributed by atoms with van der Waals surface area (Å²) in [4.78, 5) is 4.82. The standard InChI is InChI=1S/C13H28N2O2/c1-13(2,17)12-15-9-7-14(8-10-15)6-4-3-5-11-16/h16-17H,3-12H2,1-2H3. The Labute approximate surface area is 105 Å². The van der Waals surface area contributed by atoms with E-state index in [-0.39, 0.29) is 0 Å². The first-order chi connectivity index (χ1) is 8.01. The number of β-amino-alcohol motifs (C(OH)–C–C–N with tert-alkyl or cyclic N) is 1. The highest BCUT2D eigenvalue weighted by molar-refractivity contribution is 4.77. The molecule has 1 fully saturated rings. The molecule has 0 unspecified atom stereocenters. The Kier molecular flexibility index (Phi) is 6.41. The van der Waals surface area contributed by atoms with E-state index in [1.165, 1.54) is 6.42 Å². The lowest BCUT2D eigenvalue weighted by atomic mass is 10.1. The highest BCUT2D eigenvalue weighted by Crippen LogP contribution is 2.09. The largest absolute Gasteiger partial charge is 0.396 e. The molecule has 4 nitrogen and oxygen atoms in total. The maximum atomic E-state index is 9.76. The van der Waals surface area contributed by atoms with Crippen LogP contribution >= 0.6 is 0 Å². The quantitative estimate of drug-likeness (QED) is 0.642. The molecule has 1 saturated heterocycles. The number of unbranched alkanes of at least 4 members (excludes halogenated alkanes) is 2. The number of nitrogens with zero attached hydrogens (tertiary/aromatic N) is 2. The Morgan fingerprint density at radius 2 is 1.53 bits per heavy atom. The van der Waals surface area contributed by atoms with Gasteiger partial charge in [0.2, 0.25) is 0 Å². The molecule has 0 aromatic rings. The summed E-state index contributed by atoms with van der Waals surface area (Å²) >= 11 is 0. The van der Waals surface area contributed by atoms with Crippen LogP contribution in [-0.4, -0.2) is 71.5 Å². The molecule has 0 aromatic heterocycles. The second kappa shape index (κ2) is 7.31. The molecule has 0 spiro atoms. The lowest BCUT2D eigenvalue weighted by molar-refractivity contribution is 0.0176. The van der Waals surface area contributed by atoms with Gasteiger partial charge in [-0.05, 0) is 39.7 Å². The molecule has 0 bridgehead atoms. The zero-order valence-electron chi connectivity index (χ0n) is 11.4. The third-order valence-electron chi connectivity index (χ3n) is 3.21. The van der Waals surface area contributed by atoms with Crippen LogP contribution in [0.3, 0.4) is 0 Å². The normalized spacial score (nSPS) is 19.8. The molecule has 0 atom stereocenters. The molecule has 0 aromatic carbocycles. The third-order valence-corrected chi connectivity index (χ3v) is 3.21. The van der Waals surface area contributed by atoms with Crippen LogP contribution in [0.1, 0.15) is 33.1 Å². The van der Waals surface area contributed by atoms with E-state index in [4.69, 9.17) is 5.11 Å². The van der Waals surface area contributed by atoms with Gasteiger partial charge in [-0.2, -0.15) is 0 Å². The molecule has 1 heterocycles. The Morgan fingerprint density at radius 3 is 2.06 bits per heavy atom. The second-order valence-corrected chi connectivity index (χ2v) is 5.71. The van der Waals surface area contributed by atoms with Gasteiger partial charge in [0.1, 0.15) is 0 Å². The number of hydrogen-bond acceptors (Lipinski definition) is 4. The van der Waals surface area contributed by atoms with Crippen LogP contribution in [0, 0.1) is 0 Å². The van der Waals surface area contributed by atoms with Crippen molar-refractivity contribution in [1.82, 2.24) is 9.80 Å². The second-order valence-electron chi connectivity index (χ2n) is 5.71. The van der Waals surface area contributed by atoms with E-state index in [0.717, 1.165) is 52.1 Å². The molecule has 0 amide bonds. The van der Waals surface area contributed by atoms with Gasteiger partial charge in [-0.25, -0.2) is 0 Å². The predicted molar refractivity (Wildman–Crippen MR) is 70.1 cm³/mol. The minimum atomic E-state index is -0.580. The van der Waals surface area contributed by atoms with E-state index in [1.807, 2.05) is 13.8 Å². The van der Waals surface area contributed by atoms with Gasteiger partial charge in [0.05, 0.1) is 5.60 Å². The van der Waals surface area contributed by atoms with Gasteiger partial charge in [-0.3, -0.25) is 4.90 Å². The van der Waals surface area contributed by atoms with E-state index < -0.39 is 5.60 Å². The van der Waals surface area contributed by atoms with Crippen LogP contribution in [0.4, 0.5) is 0 Å². The summed E-state index contributed by atoms with van der Waals surface area (Å²) in [5, 5.41) is 18.5. The van der Waals surface area contributed by atoms with Crippen LogP contribution in [0.2, 0.25) is 0 Å². The van der Waals surface area contributed by atoms with E-state index in [9.17, 15) is 5.11 Å². The Balaban J connectivity index is 2.09. The Bertz CT molecular complexity index is 196. The van der Waals surface area contributed by atoms with Gasteiger partial charge in [-0.1, -0.05) is 0 Å². The summed E-state index contributed by atoms with van der Waals surface area (Å²) in [6.07, 6.45) is 3.24. The van der Waals surface area contributed by atoms with Crippen molar-refractivity contribution >= 4 is 0 Å². The van der Waals surface area contributed by atoms with E-state index in [0.29, 0.717) is 6.61 Å². The fraction of sp³-hybridized carbons (Fsp3) is 1.00. The van der Waals surface area contributed by atoms with Crippen LogP contribution in [0.5, 0.6) is 0 Å². The molecule has 0 saturated carbocycles. The van der Waals surface area contributed by atoms with Gasteiger partial charge in [0.15, 0.2) is 0 Å². The first-order valence-electron chi connectivity index (χ1n) is 6.79. The first-order valence-corrected chi connectivity index (χ1v) is 6.79. The number of aliphatic hydroxyl groups excluding tert-OH is 1. The minimum absolute atomic E-state index is 0.319. The van der Waals surface area contributed by atoms with Gasteiger partial charge in [-0.15, -0.1) is 0 Å². The zero-order chi connectivity index (χ0) is 12.7. The maximum Gasteiger partial charge on any atom is 0.0718 e. The van der Waals surface area contributed by atoms with Crippen molar-refractivity contribution in [2.24, 2.45) is 0 Å². The number of piperazine rings is 1. The van der Waals surface area contributed by atoms with Gasteiger partial charge < -0.3 is 15.1 Å². The van der Waals surface area contributed by atoms with Crippen LogP contribution in [0.25, 0.3) is 0 Å². The molecule has 0 radical (unpaired) electrons. The average molecular weight is 244 g/mol. The third kappa shape index (κ3) is 6.99. The summed E-state index contributed by atoms with van der Waals surface area (Å²) in [5.74, 6) is 0. The fourth-order valence-corrected chi connectivity index (χ4v) is 2.34. The lowest BCUT2D eigenvalue weighted by Gasteiger charge is -2.37. The predicted octanol–water partition coefficient (Wildman–Crippen LogP) is 0.537. The van der Waals surface area contributed by atoms with E-state index in [1.54, 1.807) is 0 Å². The SMILES string of the molecule is CC(C)(O)CN1CCN(CCCCCO)CC1. The van der Waals surface area contributed by atoms with Crippen molar-refractivity contribution in [2.45, 2.75) is 38.7 Å². The summed E-state index contributed by atoms with van der Waals surface area (Å²) in [6, 6.07) is 0. The number of rotatable bonds is 7. The molecule has 1 rings (SSSR count). The summed E-state index contributed by atoms with van der Waals surface area (Å²) in [6.45, 7) is 10.3. The van der Waals surface area contributed by atoms with Crippen molar-refractivity contribution in [2.75, 3.05) is 45.9 Å². The molecular formula is C13H28N2O2. The van der Waals surface area contributed by atoms with Crippen LogP contribution in [0.15, 0.2) is 0 Å². The minimum Gasteiger partial charge on any atom is -0.396 e. The van der Waals surface area contributed by atoms with E-state index in [2.05, 4.69) is 9.80 Å². The highest BCUT2D eigenvalue weighted by Gasteiger charge is 2.22. The number of aliphatic hydroxyl groups is 2. The van der Waals surface area contributed by atoms with Gasteiger partial charge in [0.25, 0.3) is 0 Å². The monoisotopic (exact) mass is 244 g/mol. The van der Waals surface area contributed by atoms with Crippen molar-refractivity contribution < 1.29 is 10.2 Å². The van der Waals surface area contributed by atoms with Crippen molar-refractivity contribution in [3.63, 3.8) is 0 Å². The molecule has 0 aliphatic carbocycles. The molecule has 4 heteroatoms. The first kappa shape index (κ1) is 14.9. The average Bonchev–Trinajstić information content (AvgIpc) is 2.25. The topological polar surface area (TPSA) is 46.9 Å². The molecule has 1 aliphatic heterocycles. The van der Waals surface area contributed by atoms with E-state index >= 15 is 0 Å². The van der Waals surface area contributed by atoms with Crippen LogP contribution < -0.4 is 0 Å². The van der Waals surface area contributed by atoms with Crippen molar-refractivity contribution in [1.29, 1.82) is 0 Å². The van der Waals surface area contributed by atoms with Crippen molar-refractivity contribution in [3.05, 3.63) is 0 Å². The summed E-state index contributed by atoms with van der Waals surface area (Å²) < 4.78 is 0. The zero-order valence-corrected chi connectivity index (χ0v) is 11.4. The molecule has 1 aliphatic rings. The molecule has 2 N–H and O–H groups in total. The smallest absolute Gasteiger partial charge is 0.0718 e. The maximum absolute atomic E-state index is 9.76.